The highest BCUT2D eigenvalue weighted by atomic mass is 16.5. The maximum atomic E-state index is 12.1. The van der Waals surface area contributed by atoms with Crippen LogP contribution in [0.5, 0.6) is 0 Å². The Labute approximate surface area is 130 Å². The molecule has 2 aromatic rings. The van der Waals surface area contributed by atoms with Gasteiger partial charge in [0.2, 0.25) is 0 Å². The molecule has 1 heterocycles. The van der Waals surface area contributed by atoms with Crippen LogP contribution in [0.3, 0.4) is 0 Å². The molecule has 0 saturated carbocycles. The lowest BCUT2D eigenvalue weighted by Crippen LogP contribution is -2.27. The van der Waals surface area contributed by atoms with Gasteiger partial charge in [0, 0.05) is 17.4 Å². The first-order chi connectivity index (χ1) is 10.4. The third-order valence-electron chi connectivity index (χ3n) is 3.32. The molecule has 0 saturated heterocycles. The van der Waals surface area contributed by atoms with Crippen LogP contribution in [0.2, 0.25) is 0 Å². The first kappa shape index (κ1) is 16.1. The van der Waals surface area contributed by atoms with E-state index >= 15 is 0 Å². The molecule has 0 bridgehead atoms. The number of aromatic nitrogens is 1. The molecule has 0 radical (unpaired) electrons. The predicted octanol–water partition coefficient (Wildman–Crippen LogP) is 2.86. The van der Waals surface area contributed by atoms with E-state index in [4.69, 9.17) is 4.74 Å². The van der Waals surface area contributed by atoms with Gasteiger partial charge in [0.05, 0.1) is 12.5 Å². The van der Waals surface area contributed by atoms with Crippen molar-refractivity contribution in [3.8, 4) is 0 Å². The van der Waals surface area contributed by atoms with Crippen LogP contribution in [0, 0.1) is 13.8 Å². The molecule has 0 unspecified atom stereocenters. The summed E-state index contributed by atoms with van der Waals surface area (Å²) in [5.41, 5.74) is 3.73. The van der Waals surface area contributed by atoms with Gasteiger partial charge >= 0.3 is 5.97 Å². The Hall–Kier alpha value is -2.30. The van der Waals surface area contributed by atoms with Gasteiger partial charge in [-0.05, 0) is 51.0 Å². The lowest BCUT2D eigenvalue weighted by atomic mass is 10.1. The van der Waals surface area contributed by atoms with Gasteiger partial charge in [0.15, 0.2) is 0 Å². The lowest BCUT2D eigenvalue weighted by Gasteiger charge is -2.08. The molecule has 5 nitrogen and oxygen atoms in total. The van der Waals surface area contributed by atoms with Crippen LogP contribution in [0.15, 0.2) is 18.2 Å². The van der Waals surface area contributed by atoms with Crippen LogP contribution >= 0.6 is 0 Å². The van der Waals surface area contributed by atoms with Gasteiger partial charge in [-0.15, -0.1) is 0 Å². The number of nitrogens with one attached hydrogen (secondary N) is 2. The standard InChI is InChI=1S/C17H22N2O3/c1-10(2)22-16(20)5-6-18-17(21)15-9-13-12(4)7-11(3)8-14(13)19-15/h7-10,19H,5-6H2,1-4H3,(H,18,21). The van der Waals surface area contributed by atoms with Gasteiger partial charge < -0.3 is 15.0 Å². The minimum absolute atomic E-state index is 0.136. The molecule has 1 amide bonds. The number of hydrogen-bond donors (Lipinski definition) is 2. The van der Waals surface area contributed by atoms with E-state index in [0.717, 1.165) is 22.0 Å². The Bertz CT molecular complexity index is 701. The fourth-order valence-corrected chi connectivity index (χ4v) is 2.42. The van der Waals surface area contributed by atoms with E-state index in [9.17, 15) is 9.59 Å². The number of aryl methyl sites for hydroxylation is 2. The number of hydrogen-bond acceptors (Lipinski definition) is 3. The van der Waals surface area contributed by atoms with E-state index < -0.39 is 0 Å². The van der Waals surface area contributed by atoms with Crippen LogP contribution in [-0.2, 0) is 9.53 Å². The average molecular weight is 302 g/mol. The van der Waals surface area contributed by atoms with Crippen molar-refractivity contribution in [2.24, 2.45) is 0 Å². The summed E-state index contributed by atoms with van der Waals surface area (Å²) in [5.74, 6) is -0.524. The zero-order chi connectivity index (χ0) is 16.3. The van der Waals surface area contributed by atoms with E-state index in [1.165, 1.54) is 0 Å². The van der Waals surface area contributed by atoms with Gasteiger partial charge in [0.25, 0.3) is 5.91 Å². The molecule has 1 aromatic heterocycles. The summed E-state index contributed by atoms with van der Waals surface area (Å²) in [4.78, 5) is 26.7. The molecule has 22 heavy (non-hydrogen) atoms. The monoisotopic (exact) mass is 302 g/mol. The fourth-order valence-electron chi connectivity index (χ4n) is 2.42. The molecular weight excluding hydrogens is 280 g/mol. The summed E-state index contributed by atoms with van der Waals surface area (Å²) in [7, 11) is 0. The number of rotatable bonds is 5. The lowest BCUT2D eigenvalue weighted by molar-refractivity contribution is -0.147. The number of H-pyrrole nitrogens is 1. The van der Waals surface area contributed by atoms with E-state index in [-0.39, 0.29) is 30.9 Å². The third-order valence-corrected chi connectivity index (χ3v) is 3.32. The SMILES string of the molecule is Cc1cc(C)c2cc(C(=O)NCCC(=O)OC(C)C)[nH]c2c1. The molecule has 0 aliphatic heterocycles. The Morgan fingerprint density at radius 2 is 1.95 bits per heavy atom. The number of benzene rings is 1. The first-order valence-corrected chi connectivity index (χ1v) is 7.44. The molecule has 0 aliphatic carbocycles. The van der Waals surface area contributed by atoms with E-state index in [1.807, 2.05) is 26.0 Å². The van der Waals surface area contributed by atoms with Crippen molar-refractivity contribution in [1.82, 2.24) is 10.3 Å². The quantitative estimate of drug-likeness (QED) is 0.834. The highest BCUT2D eigenvalue weighted by Crippen LogP contribution is 2.21. The highest BCUT2D eigenvalue weighted by Gasteiger charge is 2.12. The number of ether oxygens (including phenoxy) is 1. The second-order valence-corrected chi connectivity index (χ2v) is 5.77. The molecule has 0 aliphatic rings. The van der Waals surface area contributed by atoms with Crippen molar-refractivity contribution < 1.29 is 14.3 Å². The Balaban J connectivity index is 1.98. The van der Waals surface area contributed by atoms with Crippen LogP contribution in [0.1, 0.15) is 41.9 Å². The van der Waals surface area contributed by atoms with Crippen molar-refractivity contribution in [2.45, 2.75) is 40.2 Å². The molecule has 2 N–H and O–H groups in total. The number of aromatic amines is 1. The summed E-state index contributed by atoms with van der Waals surface area (Å²) >= 11 is 0. The second-order valence-electron chi connectivity index (χ2n) is 5.77. The molecule has 5 heteroatoms. The second kappa shape index (κ2) is 6.64. The summed E-state index contributed by atoms with van der Waals surface area (Å²) in [6.07, 6.45) is 0.0329. The summed E-state index contributed by atoms with van der Waals surface area (Å²) in [5, 5.41) is 3.76. The van der Waals surface area contributed by atoms with Gasteiger partial charge in [0.1, 0.15) is 5.69 Å². The maximum Gasteiger partial charge on any atom is 0.307 e. The number of carbonyl (C=O) groups is 2. The average Bonchev–Trinajstić information content (AvgIpc) is 2.81. The number of amides is 1. The predicted molar refractivity (Wildman–Crippen MR) is 86.0 cm³/mol. The first-order valence-electron chi connectivity index (χ1n) is 7.44. The Morgan fingerprint density at radius 3 is 2.64 bits per heavy atom. The van der Waals surface area contributed by atoms with Gasteiger partial charge in [-0.3, -0.25) is 9.59 Å². The van der Waals surface area contributed by atoms with E-state index in [0.29, 0.717) is 5.69 Å². The number of fused-ring (bicyclic) bond motifs is 1. The summed E-state index contributed by atoms with van der Waals surface area (Å²) in [6, 6.07) is 5.94. The van der Waals surface area contributed by atoms with Gasteiger partial charge in [-0.2, -0.15) is 0 Å². The van der Waals surface area contributed by atoms with Gasteiger partial charge in [-0.25, -0.2) is 0 Å². The van der Waals surface area contributed by atoms with Gasteiger partial charge in [-0.1, -0.05) is 6.07 Å². The third kappa shape index (κ3) is 3.87. The zero-order valence-electron chi connectivity index (χ0n) is 13.4. The highest BCUT2D eigenvalue weighted by molar-refractivity contribution is 5.99. The fraction of sp³-hybridized carbons (Fsp3) is 0.412. The molecule has 0 atom stereocenters. The Morgan fingerprint density at radius 1 is 1.23 bits per heavy atom. The maximum absolute atomic E-state index is 12.1. The number of esters is 1. The minimum atomic E-state index is -0.307. The van der Waals surface area contributed by atoms with Crippen LogP contribution in [0.25, 0.3) is 10.9 Å². The van der Waals surface area contributed by atoms with E-state index in [1.54, 1.807) is 13.8 Å². The molecular formula is C17H22N2O3. The number of carbonyl (C=O) groups excluding carboxylic acids is 2. The molecule has 0 fully saturated rings. The van der Waals surface area contributed by atoms with Crippen molar-refractivity contribution in [3.63, 3.8) is 0 Å². The van der Waals surface area contributed by atoms with Crippen molar-refractivity contribution in [3.05, 3.63) is 35.0 Å². The normalized spacial score (nSPS) is 11.0. The van der Waals surface area contributed by atoms with Crippen molar-refractivity contribution >= 4 is 22.8 Å². The van der Waals surface area contributed by atoms with Crippen LogP contribution in [0.4, 0.5) is 0 Å². The van der Waals surface area contributed by atoms with Crippen molar-refractivity contribution in [1.29, 1.82) is 0 Å². The molecule has 1 aromatic carbocycles. The molecule has 2 rings (SSSR count). The largest absolute Gasteiger partial charge is 0.463 e. The van der Waals surface area contributed by atoms with Crippen LogP contribution in [-0.4, -0.2) is 29.5 Å². The zero-order valence-corrected chi connectivity index (χ0v) is 13.4. The van der Waals surface area contributed by atoms with E-state index in [2.05, 4.69) is 16.4 Å². The van der Waals surface area contributed by atoms with Crippen molar-refractivity contribution in [2.75, 3.05) is 6.54 Å². The van der Waals surface area contributed by atoms with Crippen LogP contribution < -0.4 is 5.32 Å². The molecule has 118 valence electrons. The minimum Gasteiger partial charge on any atom is -0.463 e. The topological polar surface area (TPSA) is 71.2 Å². The Kier molecular flexibility index (Phi) is 4.85. The summed E-state index contributed by atoms with van der Waals surface area (Å²) in [6.45, 7) is 7.90. The summed E-state index contributed by atoms with van der Waals surface area (Å²) < 4.78 is 5.02. The molecule has 0 spiro atoms. The smallest absolute Gasteiger partial charge is 0.307 e.